The fourth-order valence-corrected chi connectivity index (χ4v) is 2.96. The van der Waals surface area contributed by atoms with Gasteiger partial charge in [0.15, 0.2) is 0 Å². The van der Waals surface area contributed by atoms with Crippen LogP contribution in [0.2, 0.25) is 0 Å². The molecule has 2 aromatic heterocycles. The number of likely N-dealkylation sites (N-methyl/N-ethyl adjacent to an activating group) is 1. The summed E-state index contributed by atoms with van der Waals surface area (Å²) in [4.78, 5) is 14.1. The van der Waals surface area contributed by atoms with Gasteiger partial charge in [-0.25, -0.2) is 4.79 Å². The van der Waals surface area contributed by atoms with Gasteiger partial charge in [0.2, 0.25) is 0 Å². The average molecular weight is 321 g/mol. The highest BCUT2D eigenvalue weighted by Crippen LogP contribution is 2.20. The van der Waals surface area contributed by atoms with Crippen molar-refractivity contribution >= 4 is 17.4 Å². The van der Waals surface area contributed by atoms with Crippen LogP contribution < -0.4 is 10.6 Å². The molecule has 5 nitrogen and oxygen atoms in total. The number of carbonyl (C=O) groups excluding carboxylic acids is 1. The lowest BCUT2D eigenvalue weighted by Gasteiger charge is -2.24. The number of thiophene rings is 1. The molecule has 0 fully saturated rings. The van der Waals surface area contributed by atoms with Gasteiger partial charge in [-0.3, -0.25) is 0 Å². The summed E-state index contributed by atoms with van der Waals surface area (Å²) < 4.78 is 5.52. The van der Waals surface area contributed by atoms with Crippen LogP contribution in [0.5, 0.6) is 0 Å². The Hall–Kier alpha value is -1.79. The van der Waals surface area contributed by atoms with Gasteiger partial charge in [0.25, 0.3) is 0 Å². The lowest BCUT2D eigenvalue weighted by atomic mass is 10.1. The van der Waals surface area contributed by atoms with Crippen molar-refractivity contribution in [3.8, 4) is 0 Å². The molecular formula is C16H23N3O2S. The summed E-state index contributed by atoms with van der Waals surface area (Å²) in [5, 5.41) is 9.98. The second-order valence-corrected chi connectivity index (χ2v) is 6.34. The monoisotopic (exact) mass is 321 g/mol. The van der Waals surface area contributed by atoms with E-state index in [-0.39, 0.29) is 18.1 Å². The molecular weight excluding hydrogens is 298 g/mol. The first-order valence-corrected chi connectivity index (χ1v) is 8.21. The molecule has 120 valence electrons. The number of hydrogen-bond donors (Lipinski definition) is 2. The van der Waals surface area contributed by atoms with E-state index in [1.54, 1.807) is 11.3 Å². The van der Waals surface area contributed by atoms with Crippen molar-refractivity contribution in [3.05, 3.63) is 46.0 Å². The van der Waals surface area contributed by atoms with Gasteiger partial charge in [0.1, 0.15) is 11.5 Å². The minimum absolute atomic E-state index is 0.160. The van der Waals surface area contributed by atoms with Gasteiger partial charge in [-0.1, -0.05) is 0 Å². The van der Waals surface area contributed by atoms with E-state index in [9.17, 15) is 4.79 Å². The highest BCUT2D eigenvalue weighted by Gasteiger charge is 2.17. The van der Waals surface area contributed by atoms with Crippen molar-refractivity contribution in [2.45, 2.75) is 25.9 Å². The lowest BCUT2D eigenvalue weighted by Crippen LogP contribution is -2.41. The van der Waals surface area contributed by atoms with Crippen LogP contribution in [0.25, 0.3) is 0 Å². The number of amides is 2. The van der Waals surface area contributed by atoms with Gasteiger partial charge in [-0.2, -0.15) is 11.3 Å². The maximum atomic E-state index is 12.1. The van der Waals surface area contributed by atoms with E-state index < -0.39 is 0 Å². The highest BCUT2D eigenvalue weighted by molar-refractivity contribution is 7.07. The van der Waals surface area contributed by atoms with Crippen LogP contribution in [0.1, 0.15) is 36.1 Å². The summed E-state index contributed by atoms with van der Waals surface area (Å²) in [7, 11) is 4.02. The topological polar surface area (TPSA) is 57.5 Å². The minimum atomic E-state index is -0.191. The number of hydrogen-bond acceptors (Lipinski definition) is 4. The quantitative estimate of drug-likeness (QED) is 0.858. The first kappa shape index (κ1) is 16.6. The van der Waals surface area contributed by atoms with Crippen molar-refractivity contribution in [3.63, 3.8) is 0 Å². The Morgan fingerprint density at radius 3 is 2.68 bits per heavy atom. The molecule has 2 heterocycles. The first-order chi connectivity index (χ1) is 10.5. The summed E-state index contributed by atoms with van der Waals surface area (Å²) in [5.41, 5.74) is 1.21. The van der Waals surface area contributed by atoms with Crippen LogP contribution >= 0.6 is 11.3 Å². The van der Waals surface area contributed by atoms with Crippen LogP contribution in [0.4, 0.5) is 4.79 Å². The summed E-state index contributed by atoms with van der Waals surface area (Å²) in [6.45, 7) is 4.35. The summed E-state index contributed by atoms with van der Waals surface area (Å²) in [5.74, 6) is 1.60. The highest BCUT2D eigenvalue weighted by atomic mass is 32.1. The zero-order valence-electron chi connectivity index (χ0n) is 13.4. The van der Waals surface area contributed by atoms with Crippen molar-refractivity contribution in [1.82, 2.24) is 15.5 Å². The second-order valence-electron chi connectivity index (χ2n) is 5.56. The lowest BCUT2D eigenvalue weighted by molar-refractivity contribution is 0.228. The molecule has 2 rings (SSSR count). The number of nitrogens with one attached hydrogen (secondary N) is 2. The maximum Gasteiger partial charge on any atom is 0.315 e. The Morgan fingerprint density at radius 1 is 1.36 bits per heavy atom. The SMILES string of the molecule is Cc1ccc([C@H](C)NC(=O)NC[C@@H](c2ccsc2)N(C)C)o1. The van der Waals surface area contributed by atoms with Crippen LogP contribution in [0.15, 0.2) is 33.4 Å². The third-order valence-corrected chi connectivity index (χ3v) is 4.24. The Labute approximate surface area is 135 Å². The molecule has 0 bridgehead atoms. The van der Waals surface area contributed by atoms with E-state index in [4.69, 9.17) is 4.42 Å². The first-order valence-electron chi connectivity index (χ1n) is 7.26. The predicted molar refractivity (Wildman–Crippen MR) is 89.1 cm³/mol. The largest absolute Gasteiger partial charge is 0.464 e. The van der Waals surface area contributed by atoms with Gasteiger partial charge in [0, 0.05) is 6.54 Å². The molecule has 0 unspecified atom stereocenters. The maximum absolute atomic E-state index is 12.1. The molecule has 0 aliphatic heterocycles. The van der Waals surface area contributed by atoms with E-state index in [1.807, 2.05) is 45.5 Å². The van der Waals surface area contributed by atoms with E-state index in [0.717, 1.165) is 11.5 Å². The van der Waals surface area contributed by atoms with E-state index in [0.29, 0.717) is 6.54 Å². The van der Waals surface area contributed by atoms with Gasteiger partial charge in [-0.15, -0.1) is 0 Å². The van der Waals surface area contributed by atoms with Crippen molar-refractivity contribution in [2.24, 2.45) is 0 Å². The van der Waals surface area contributed by atoms with E-state index in [1.165, 1.54) is 5.56 Å². The molecule has 0 aromatic carbocycles. The Balaban J connectivity index is 1.86. The van der Waals surface area contributed by atoms with E-state index in [2.05, 4.69) is 27.0 Å². The summed E-state index contributed by atoms with van der Waals surface area (Å²) in [6.07, 6.45) is 0. The van der Waals surface area contributed by atoms with Gasteiger partial charge < -0.3 is 20.0 Å². The zero-order valence-corrected chi connectivity index (χ0v) is 14.2. The Kier molecular flexibility index (Phi) is 5.63. The zero-order chi connectivity index (χ0) is 16.1. The number of nitrogens with zero attached hydrogens (tertiary/aromatic N) is 1. The molecule has 0 saturated heterocycles. The Morgan fingerprint density at radius 2 is 2.14 bits per heavy atom. The number of carbonyl (C=O) groups is 1. The summed E-state index contributed by atoms with van der Waals surface area (Å²) in [6, 6.07) is 5.68. The molecule has 0 aliphatic rings. The van der Waals surface area contributed by atoms with E-state index >= 15 is 0 Å². The molecule has 6 heteroatoms. The van der Waals surface area contributed by atoms with Gasteiger partial charge in [0.05, 0.1) is 12.1 Å². The fraction of sp³-hybridized carbons (Fsp3) is 0.438. The molecule has 0 aliphatic carbocycles. The molecule has 0 saturated carbocycles. The molecule has 22 heavy (non-hydrogen) atoms. The number of rotatable bonds is 6. The van der Waals surface area contributed by atoms with Crippen molar-refractivity contribution < 1.29 is 9.21 Å². The normalized spacial score (nSPS) is 13.9. The smallest absolute Gasteiger partial charge is 0.315 e. The van der Waals surface area contributed by atoms with Crippen molar-refractivity contribution in [1.29, 1.82) is 0 Å². The van der Waals surface area contributed by atoms with Crippen LogP contribution in [0, 0.1) is 6.92 Å². The third-order valence-electron chi connectivity index (χ3n) is 3.54. The number of aryl methyl sites for hydroxylation is 1. The molecule has 0 spiro atoms. The molecule has 0 radical (unpaired) electrons. The standard InChI is InChI=1S/C16H23N3O2S/c1-11-5-6-15(21-11)12(2)18-16(20)17-9-14(19(3)4)13-7-8-22-10-13/h5-8,10,12,14H,9H2,1-4H3,(H2,17,18,20)/t12-,14-/m0/s1. The summed E-state index contributed by atoms with van der Waals surface area (Å²) >= 11 is 1.66. The van der Waals surface area contributed by atoms with Crippen LogP contribution in [0.3, 0.4) is 0 Å². The second kappa shape index (κ2) is 7.47. The third kappa shape index (κ3) is 4.35. The molecule has 2 atom stereocenters. The van der Waals surface area contributed by atoms with Gasteiger partial charge >= 0.3 is 6.03 Å². The molecule has 2 amide bonds. The minimum Gasteiger partial charge on any atom is -0.464 e. The van der Waals surface area contributed by atoms with Crippen LogP contribution in [-0.4, -0.2) is 31.6 Å². The van der Waals surface area contributed by atoms with Gasteiger partial charge in [-0.05, 0) is 62.5 Å². The Bertz CT molecular complexity index is 592. The predicted octanol–water partition coefficient (Wildman–Crippen LogP) is 3.31. The fourth-order valence-electron chi connectivity index (χ4n) is 2.26. The number of urea groups is 1. The number of furan rings is 1. The molecule has 2 N–H and O–H groups in total. The van der Waals surface area contributed by atoms with Crippen molar-refractivity contribution in [2.75, 3.05) is 20.6 Å². The average Bonchev–Trinajstić information content (AvgIpc) is 3.10. The van der Waals surface area contributed by atoms with Crippen LogP contribution in [-0.2, 0) is 0 Å². The molecule has 2 aromatic rings.